The molecule has 1 N–H and O–H groups in total. The van der Waals surface area contributed by atoms with Crippen LogP contribution in [0.15, 0.2) is 36.4 Å². The zero-order valence-corrected chi connectivity index (χ0v) is 14.5. The van der Waals surface area contributed by atoms with Gasteiger partial charge in [-0.3, -0.25) is 4.79 Å². The zero-order chi connectivity index (χ0) is 16.8. The highest BCUT2D eigenvalue weighted by atomic mass is 35.5. The SMILES string of the molecule is COc1ccc(NC(=O)COCc2ccc(Cl)c(Cl)c2Cl)cc1. The predicted molar refractivity (Wildman–Crippen MR) is 92.8 cm³/mol. The Hall–Kier alpha value is -1.46. The van der Waals surface area contributed by atoms with E-state index in [1.54, 1.807) is 43.5 Å². The summed E-state index contributed by atoms with van der Waals surface area (Å²) in [4.78, 5) is 11.8. The lowest BCUT2D eigenvalue weighted by Gasteiger charge is -2.09. The summed E-state index contributed by atoms with van der Waals surface area (Å²) >= 11 is 17.9. The fraction of sp³-hybridized carbons (Fsp3) is 0.188. The maximum absolute atomic E-state index is 11.8. The van der Waals surface area contributed by atoms with Crippen LogP contribution in [0.25, 0.3) is 0 Å². The molecule has 0 atom stereocenters. The number of benzene rings is 2. The average molecular weight is 375 g/mol. The number of ether oxygens (including phenoxy) is 2. The van der Waals surface area contributed by atoms with Gasteiger partial charge in [-0.2, -0.15) is 0 Å². The molecule has 0 bridgehead atoms. The summed E-state index contributed by atoms with van der Waals surface area (Å²) in [5.74, 6) is 0.444. The number of nitrogens with one attached hydrogen (secondary N) is 1. The largest absolute Gasteiger partial charge is 0.497 e. The van der Waals surface area contributed by atoms with Crippen LogP contribution in [-0.4, -0.2) is 19.6 Å². The fourth-order valence-corrected chi connectivity index (χ4v) is 2.41. The van der Waals surface area contributed by atoms with E-state index >= 15 is 0 Å². The lowest BCUT2D eigenvalue weighted by Crippen LogP contribution is -2.18. The van der Waals surface area contributed by atoms with Gasteiger partial charge in [0, 0.05) is 5.69 Å². The topological polar surface area (TPSA) is 47.6 Å². The van der Waals surface area contributed by atoms with Crippen LogP contribution in [0.4, 0.5) is 5.69 Å². The number of halogens is 3. The van der Waals surface area contributed by atoms with Crippen LogP contribution in [0.3, 0.4) is 0 Å². The quantitative estimate of drug-likeness (QED) is 0.738. The molecule has 23 heavy (non-hydrogen) atoms. The third kappa shape index (κ3) is 5.01. The highest BCUT2D eigenvalue weighted by Gasteiger charge is 2.10. The van der Waals surface area contributed by atoms with E-state index in [-0.39, 0.29) is 24.1 Å². The molecule has 0 aliphatic carbocycles. The minimum absolute atomic E-state index is 0.109. The number of amides is 1. The zero-order valence-electron chi connectivity index (χ0n) is 12.2. The first-order chi connectivity index (χ1) is 11.0. The molecule has 0 heterocycles. The first-order valence-electron chi connectivity index (χ1n) is 6.65. The highest BCUT2D eigenvalue weighted by Crippen LogP contribution is 2.32. The summed E-state index contributed by atoms with van der Waals surface area (Å²) in [6.07, 6.45) is 0. The molecule has 0 aliphatic heterocycles. The van der Waals surface area contributed by atoms with Crippen LogP contribution in [0, 0.1) is 0 Å². The molecule has 0 fully saturated rings. The van der Waals surface area contributed by atoms with Crippen molar-refractivity contribution in [1.82, 2.24) is 0 Å². The third-order valence-electron chi connectivity index (χ3n) is 2.98. The van der Waals surface area contributed by atoms with Gasteiger partial charge in [0.1, 0.15) is 12.4 Å². The van der Waals surface area contributed by atoms with Crippen molar-refractivity contribution in [3.05, 3.63) is 57.0 Å². The van der Waals surface area contributed by atoms with Gasteiger partial charge in [0.05, 0.1) is 28.8 Å². The van der Waals surface area contributed by atoms with Gasteiger partial charge >= 0.3 is 0 Å². The van der Waals surface area contributed by atoms with Gasteiger partial charge in [-0.05, 0) is 35.9 Å². The molecular formula is C16H14Cl3NO3. The second-order valence-electron chi connectivity index (χ2n) is 4.60. The van der Waals surface area contributed by atoms with Crippen LogP contribution in [0.5, 0.6) is 5.75 Å². The molecule has 7 heteroatoms. The van der Waals surface area contributed by atoms with Gasteiger partial charge < -0.3 is 14.8 Å². The van der Waals surface area contributed by atoms with Crippen LogP contribution < -0.4 is 10.1 Å². The molecule has 0 aromatic heterocycles. The number of anilines is 1. The molecule has 2 aromatic carbocycles. The Morgan fingerprint density at radius 3 is 2.39 bits per heavy atom. The van der Waals surface area contributed by atoms with Gasteiger partial charge in [0.25, 0.3) is 0 Å². The number of methoxy groups -OCH3 is 1. The standard InChI is InChI=1S/C16H14Cl3NO3/c1-22-12-5-3-11(4-6-12)20-14(21)9-23-8-10-2-7-13(17)16(19)15(10)18/h2-7H,8-9H2,1H3,(H,20,21). The molecule has 0 saturated heterocycles. The molecule has 2 rings (SSSR count). The average Bonchev–Trinajstić information content (AvgIpc) is 2.55. The van der Waals surface area contributed by atoms with Crippen molar-refractivity contribution in [2.24, 2.45) is 0 Å². The van der Waals surface area contributed by atoms with E-state index in [1.165, 1.54) is 0 Å². The second kappa shape index (κ2) is 8.41. The van der Waals surface area contributed by atoms with Crippen molar-refractivity contribution in [1.29, 1.82) is 0 Å². The Bertz CT molecular complexity index is 690. The van der Waals surface area contributed by atoms with E-state index in [9.17, 15) is 4.79 Å². The summed E-state index contributed by atoms with van der Waals surface area (Å²) < 4.78 is 10.4. The number of rotatable bonds is 6. The number of carbonyl (C=O) groups is 1. The Labute approximate surface area is 149 Å². The number of hydrogen-bond acceptors (Lipinski definition) is 3. The van der Waals surface area contributed by atoms with Gasteiger partial charge in [0.15, 0.2) is 0 Å². The maximum Gasteiger partial charge on any atom is 0.250 e. The van der Waals surface area contributed by atoms with Crippen molar-refractivity contribution in [2.75, 3.05) is 19.0 Å². The highest BCUT2D eigenvalue weighted by molar-refractivity contribution is 6.48. The first-order valence-corrected chi connectivity index (χ1v) is 7.78. The first kappa shape index (κ1) is 17.9. The van der Waals surface area contributed by atoms with E-state index < -0.39 is 0 Å². The summed E-state index contributed by atoms with van der Waals surface area (Å²) in [5.41, 5.74) is 1.32. The van der Waals surface area contributed by atoms with Crippen LogP contribution in [0.1, 0.15) is 5.56 Å². The van der Waals surface area contributed by atoms with Gasteiger partial charge in [-0.15, -0.1) is 0 Å². The summed E-state index contributed by atoms with van der Waals surface area (Å²) in [5, 5.41) is 3.69. The second-order valence-corrected chi connectivity index (χ2v) is 5.77. The van der Waals surface area contributed by atoms with Crippen molar-refractivity contribution in [2.45, 2.75) is 6.61 Å². The normalized spacial score (nSPS) is 10.4. The Morgan fingerprint density at radius 1 is 1.04 bits per heavy atom. The van der Waals surface area contributed by atoms with E-state index in [0.717, 1.165) is 0 Å². The predicted octanol–water partition coefficient (Wildman–Crippen LogP) is 4.81. The summed E-state index contributed by atoms with van der Waals surface area (Å²) in [6, 6.07) is 10.3. The van der Waals surface area contributed by atoms with Crippen molar-refractivity contribution >= 4 is 46.4 Å². The Kier molecular flexibility index (Phi) is 6.54. The Balaban J connectivity index is 1.84. The maximum atomic E-state index is 11.8. The molecule has 1 amide bonds. The van der Waals surface area contributed by atoms with Crippen molar-refractivity contribution in [3.8, 4) is 5.75 Å². The molecule has 122 valence electrons. The molecule has 2 aromatic rings. The van der Waals surface area contributed by atoms with Gasteiger partial charge in [-0.25, -0.2) is 0 Å². The van der Waals surface area contributed by atoms with Crippen molar-refractivity contribution < 1.29 is 14.3 Å². The van der Waals surface area contributed by atoms with Crippen LogP contribution in [-0.2, 0) is 16.1 Å². The lowest BCUT2D eigenvalue weighted by atomic mass is 10.2. The third-order valence-corrected chi connectivity index (χ3v) is 4.31. The molecule has 0 unspecified atom stereocenters. The molecule has 4 nitrogen and oxygen atoms in total. The van der Waals surface area contributed by atoms with E-state index in [0.29, 0.717) is 27.0 Å². The van der Waals surface area contributed by atoms with Crippen LogP contribution >= 0.6 is 34.8 Å². The van der Waals surface area contributed by atoms with E-state index in [4.69, 9.17) is 44.3 Å². The van der Waals surface area contributed by atoms with E-state index in [1.807, 2.05) is 0 Å². The van der Waals surface area contributed by atoms with Gasteiger partial charge in [-0.1, -0.05) is 40.9 Å². The molecular weight excluding hydrogens is 361 g/mol. The number of hydrogen-bond donors (Lipinski definition) is 1. The molecule has 0 radical (unpaired) electrons. The van der Waals surface area contributed by atoms with Crippen molar-refractivity contribution in [3.63, 3.8) is 0 Å². The smallest absolute Gasteiger partial charge is 0.250 e. The Morgan fingerprint density at radius 2 is 1.74 bits per heavy atom. The fourth-order valence-electron chi connectivity index (χ4n) is 1.80. The molecule has 0 spiro atoms. The van der Waals surface area contributed by atoms with E-state index in [2.05, 4.69) is 5.32 Å². The monoisotopic (exact) mass is 373 g/mol. The minimum Gasteiger partial charge on any atom is -0.497 e. The van der Waals surface area contributed by atoms with Crippen LogP contribution in [0.2, 0.25) is 15.1 Å². The molecule has 0 aliphatic rings. The van der Waals surface area contributed by atoms with Gasteiger partial charge in [0.2, 0.25) is 5.91 Å². The minimum atomic E-state index is -0.272. The number of carbonyl (C=O) groups excluding carboxylic acids is 1. The summed E-state index contributed by atoms with van der Waals surface area (Å²) in [7, 11) is 1.58. The molecule has 0 saturated carbocycles. The lowest BCUT2D eigenvalue weighted by molar-refractivity contribution is -0.121. The summed E-state index contributed by atoms with van der Waals surface area (Å²) in [6.45, 7) is 0.0500.